The first kappa shape index (κ1) is 18.2. The normalized spacial score (nSPS) is 16.8. The summed E-state index contributed by atoms with van der Waals surface area (Å²) in [7, 11) is 1.66. The third kappa shape index (κ3) is 3.74. The van der Waals surface area contributed by atoms with Crippen LogP contribution in [0.1, 0.15) is 53.0 Å². The Labute approximate surface area is 163 Å². The van der Waals surface area contributed by atoms with Crippen LogP contribution in [0.2, 0.25) is 0 Å². The number of nitrogens with zero attached hydrogens (tertiary/aromatic N) is 4. The number of likely N-dealkylation sites (tertiary alicyclic amines) is 1. The fourth-order valence-electron chi connectivity index (χ4n) is 3.59. The molecule has 4 rings (SSSR count). The van der Waals surface area contributed by atoms with E-state index in [1.54, 1.807) is 36.5 Å². The number of hydrogen-bond acceptors (Lipinski definition) is 6. The van der Waals surface area contributed by atoms with Gasteiger partial charge in [0.05, 0.1) is 13.3 Å². The van der Waals surface area contributed by atoms with E-state index in [2.05, 4.69) is 15.2 Å². The van der Waals surface area contributed by atoms with Gasteiger partial charge >= 0.3 is 0 Å². The Bertz CT molecular complexity index is 942. The molecule has 1 aromatic carbocycles. The smallest absolute Gasteiger partial charge is 0.275 e. The van der Waals surface area contributed by atoms with E-state index in [1.807, 2.05) is 24.3 Å². The molecule has 0 bridgehead atoms. The van der Waals surface area contributed by atoms with Crippen LogP contribution in [0.4, 0.5) is 0 Å². The molecule has 1 fully saturated rings. The summed E-state index contributed by atoms with van der Waals surface area (Å²) >= 11 is 0. The van der Waals surface area contributed by atoms with Crippen molar-refractivity contribution in [3.8, 4) is 5.75 Å². The molecule has 0 radical (unpaired) electrons. The van der Waals surface area contributed by atoms with E-state index in [4.69, 9.17) is 9.15 Å². The number of aromatic nitrogens is 3. The molecule has 28 heavy (non-hydrogen) atoms. The standard InChI is InChI=1S/C21H22N4O3/c1-27-19-10-3-2-7-15(19)13-16-14-22-20(28-16)18-9-4-5-12-25(18)21(26)17-8-6-11-23-24-17/h2-3,6-8,10-11,14,18H,4-5,9,12-13H2,1H3. The summed E-state index contributed by atoms with van der Waals surface area (Å²) in [6, 6.07) is 11.1. The van der Waals surface area contributed by atoms with Gasteiger partial charge in [0.2, 0.25) is 5.89 Å². The van der Waals surface area contributed by atoms with Crippen LogP contribution in [0.15, 0.2) is 53.2 Å². The summed E-state index contributed by atoms with van der Waals surface area (Å²) in [5.74, 6) is 2.00. The fourth-order valence-corrected chi connectivity index (χ4v) is 3.59. The minimum atomic E-state index is -0.185. The molecule has 2 aromatic heterocycles. The topological polar surface area (TPSA) is 81.4 Å². The molecule has 144 valence electrons. The van der Waals surface area contributed by atoms with E-state index in [1.165, 1.54) is 0 Å². The molecule has 7 nitrogen and oxygen atoms in total. The van der Waals surface area contributed by atoms with Gasteiger partial charge in [-0.15, -0.1) is 5.10 Å². The van der Waals surface area contributed by atoms with Crippen molar-refractivity contribution in [2.75, 3.05) is 13.7 Å². The van der Waals surface area contributed by atoms with Crippen LogP contribution in [0, 0.1) is 0 Å². The van der Waals surface area contributed by atoms with Crippen molar-refractivity contribution in [2.24, 2.45) is 0 Å². The molecule has 0 spiro atoms. The number of ether oxygens (including phenoxy) is 1. The first-order valence-electron chi connectivity index (χ1n) is 9.41. The van der Waals surface area contributed by atoms with E-state index in [0.717, 1.165) is 36.3 Å². The Morgan fingerprint density at radius 2 is 2.14 bits per heavy atom. The average molecular weight is 378 g/mol. The highest BCUT2D eigenvalue weighted by molar-refractivity contribution is 5.92. The predicted molar refractivity (Wildman–Crippen MR) is 102 cm³/mol. The number of hydrogen-bond donors (Lipinski definition) is 0. The van der Waals surface area contributed by atoms with Gasteiger partial charge in [0.1, 0.15) is 17.6 Å². The number of carbonyl (C=O) groups excluding carboxylic acids is 1. The van der Waals surface area contributed by atoms with E-state index < -0.39 is 0 Å². The zero-order valence-electron chi connectivity index (χ0n) is 15.7. The van der Waals surface area contributed by atoms with Crippen LogP contribution in [0.5, 0.6) is 5.75 Å². The molecule has 1 atom stereocenters. The van der Waals surface area contributed by atoms with Gasteiger partial charge in [-0.05, 0) is 37.5 Å². The van der Waals surface area contributed by atoms with E-state index in [9.17, 15) is 4.79 Å². The lowest BCUT2D eigenvalue weighted by Gasteiger charge is -2.33. The monoisotopic (exact) mass is 378 g/mol. The van der Waals surface area contributed by atoms with Gasteiger partial charge in [0, 0.05) is 24.7 Å². The molecule has 1 saturated heterocycles. The first-order chi connectivity index (χ1) is 13.8. The third-order valence-electron chi connectivity index (χ3n) is 4.97. The van der Waals surface area contributed by atoms with E-state index >= 15 is 0 Å². The van der Waals surface area contributed by atoms with Gasteiger partial charge in [-0.25, -0.2) is 4.98 Å². The number of rotatable bonds is 5. The number of methoxy groups -OCH3 is 1. The largest absolute Gasteiger partial charge is 0.496 e. The van der Waals surface area contributed by atoms with Crippen LogP contribution in [-0.4, -0.2) is 39.6 Å². The maximum atomic E-state index is 12.9. The maximum Gasteiger partial charge on any atom is 0.275 e. The Kier molecular flexibility index (Phi) is 5.32. The van der Waals surface area contributed by atoms with Crippen LogP contribution in [-0.2, 0) is 6.42 Å². The second-order valence-corrected chi connectivity index (χ2v) is 6.77. The van der Waals surface area contributed by atoms with Crippen molar-refractivity contribution in [1.29, 1.82) is 0 Å². The molecule has 0 aliphatic carbocycles. The van der Waals surface area contributed by atoms with Crippen LogP contribution in [0.25, 0.3) is 0 Å². The third-order valence-corrected chi connectivity index (χ3v) is 4.97. The summed E-state index contributed by atoms with van der Waals surface area (Å²) in [6.07, 6.45) is 6.68. The minimum absolute atomic E-state index is 0.137. The highest BCUT2D eigenvalue weighted by Crippen LogP contribution is 2.32. The summed E-state index contributed by atoms with van der Waals surface area (Å²) in [6.45, 7) is 0.657. The maximum absolute atomic E-state index is 12.9. The molecule has 0 saturated carbocycles. The zero-order valence-corrected chi connectivity index (χ0v) is 15.7. The van der Waals surface area contributed by atoms with E-state index in [0.29, 0.717) is 24.6 Å². The quantitative estimate of drug-likeness (QED) is 0.677. The van der Waals surface area contributed by atoms with Gasteiger partial charge in [0.25, 0.3) is 5.91 Å². The SMILES string of the molecule is COc1ccccc1Cc1cnc(C2CCCCN2C(=O)c2cccnn2)o1. The Morgan fingerprint density at radius 1 is 1.25 bits per heavy atom. The summed E-state index contributed by atoms with van der Waals surface area (Å²) < 4.78 is 11.5. The second-order valence-electron chi connectivity index (χ2n) is 6.77. The number of benzene rings is 1. The van der Waals surface area contributed by atoms with Crippen LogP contribution < -0.4 is 4.74 Å². The van der Waals surface area contributed by atoms with Crippen LogP contribution >= 0.6 is 0 Å². The Balaban J connectivity index is 1.55. The molecule has 1 unspecified atom stereocenters. The number of carbonyl (C=O) groups is 1. The van der Waals surface area contributed by atoms with Crippen molar-refractivity contribution in [3.05, 3.63) is 71.7 Å². The molecule has 0 N–H and O–H groups in total. The Hall–Kier alpha value is -3.22. The Morgan fingerprint density at radius 3 is 2.96 bits per heavy atom. The van der Waals surface area contributed by atoms with Crippen molar-refractivity contribution >= 4 is 5.91 Å². The average Bonchev–Trinajstić information content (AvgIpc) is 3.22. The van der Waals surface area contributed by atoms with Crippen molar-refractivity contribution in [2.45, 2.75) is 31.7 Å². The summed E-state index contributed by atoms with van der Waals surface area (Å²) in [5, 5.41) is 7.77. The van der Waals surface area contributed by atoms with Gasteiger partial charge in [-0.1, -0.05) is 18.2 Å². The van der Waals surface area contributed by atoms with Gasteiger partial charge < -0.3 is 14.1 Å². The number of piperidine rings is 1. The lowest BCUT2D eigenvalue weighted by atomic mass is 10.0. The highest BCUT2D eigenvalue weighted by Gasteiger charge is 2.32. The summed E-state index contributed by atoms with van der Waals surface area (Å²) in [4.78, 5) is 19.2. The molecule has 3 aromatic rings. The molecule has 3 heterocycles. The van der Waals surface area contributed by atoms with Crippen molar-refractivity contribution < 1.29 is 13.9 Å². The summed E-state index contributed by atoms with van der Waals surface area (Å²) in [5.41, 5.74) is 1.37. The highest BCUT2D eigenvalue weighted by atomic mass is 16.5. The zero-order chi connectivity index (χ0) is 19.3. The number of oxazole rings is 1. The molecule has 1 aliphatic rings. The van der Waals surface area contributed by atoms with Crippen molar-refractivity contribution in [1.82, 2.24) is 20.1 Å². The second kappa shape index (κ2) is 8.21. The lowest BCUT2D eigenvalue weighted by Crippen LogP contribution is -2.39. The van der Waals surface area contributed by atoms with E-state index in [-0.39, 0.29) is 11.9 Å². The molecular weight excluding hydrogens is 356 g/mol. The number of amides is 1. The van der Waals surface area contributed by atoms with Crippen LogP contribution in [0.3, 0.4) is 0 Å². The first-order valence-corrected chi connectivity index (χ1v) is 9.41. The lowest BCUT2D eigenvalue weighted by molar-refractivity contribution is 0.0562. The molecular formula is C21H22N4O3. The number of para-hydroxylation sites is 1. The molecule has 1 amide bonds. The minimum Gasteiger partial charge on any atom is -0.496 e. The van der Waals surface area contributed by atoms with Gasteiger partial charge in [-0.3, -0.25) is 4.79 Å². The van der Waals surface area contributed by atoms with Crippen molar-refractivity contribution in [3.63, 3.8) is 0 Å². The molecule has 7 heteroatoms. The van der Waals surface area contributed by atoms with Gasteiger partial charge in [-0.2, -0.15) is 5.10 Å². The fraction of sp³-hybridized carbons (Fsp3) is 0.333. The van der Waals surface area contributed by atoms with Gasteiger partial charge in [0.15, 0.2) is 5.69 Å². The molecule has 1 aliphatic heterocycles. The predicted octanol–water partition coefficient (Wildman–Crippen LogP) is 3.43.